The third-order valence-corrected chi connectivity index (χ3v) is 4.20. The molecule has 1 aromatic carbocycles. The largest absolute Gasteiger partial charge is 0.489 e. The van der Waals surface area contributed by atoms with Crippen molar-refractivity contribution >= 4 is 15.7 Å². The lowest BCUT2D eigenvalue weighted by molar-refractivity contribution is 0.210. The maximum Gasteiger partial charge on any atom is 0.240 e. The molecule has 1 aromatic rings. The zero-order chi connectivity index (χ0) is 14.5. The molecule has 3 N–H and O–H groups in total. The van der Waals surface area contributed by atoms with Crippen LogP contribution >= 0.6 is 0 Å². The van der Waals surface area contributed by atoms with Gasteiger partial charge in [0.2, 0.25) is 10.0 Å². The van der Waals surface area contributed by atoms with Crippen molar-refractivity contribution in [1.82, 2.24) is 4.72 Å². The van der Waals surface area contributed by atoms with E-state index in [1.165, 1.54) is 12.1 Å². The van der Waals surface area contributed by atoms with Gasteiger partial charge in [0, 0.05) is 12.6 Å². The Kier molecular flexibility index (Phi) is 5.62. The van der Waals surface area contributed by atoms with Crippen LogP contribution in [0.2, 0.25) is 0 Å². The van der Waals surface area contributed by atoms with Crippen LogP contribution in [0.4, 0.5) is 5.69 Å². The lowest BCUT2D eigenvalue weighted by Crippen LogP contribution is -2.23. The summed E-state index contributed by atoms with van der Waals surface area (Å²) >= 11 is 0. The predicted octanol–water partition coefficient (Wildman–Crippen LogP) is 2.13. The van der Waals surface area contributed by atoms with Crippen molar-refractivity contribution in [2.75, 3.05) is 12.3 Å². The molecule has 19 heavy (non-hydrogen) atoms. The van der Waals surface area contributed by atoms with E-state index < -0.39 is 10.0 Å². The standard InChI is InChI=1S/C13H22N2O3S/c1-4-6-10(3)18-13-9-11(7-8-12(13)14)19(16,17)15-5-2/h7-10,15H,4-6,14H2,1-3H3. The number of nitrogen functional groups attached to an aromatic ring is 1. The average molecular weight is 286 g/mol. The van der Waals surface area contributed by atoms with Gasteiger partial charge in [0.25, 0.3) is 0 Å². The topological polar surface area (TPSA) is 81.4 Å². The van der Waals surface area contributed by atoms with Crippen LogP contribution in [0.3, 0.4) is 0 Å². The van der Waals surface area contributed by atoms with Gasteiger partial charge < -0.3 is 10.5 Å². The first-order valence-corrected chi connectivity index (χ1v) is 7.94. The second-order valence-corrected chi connectivity index (χ2v) is 6.19. The summed E-state index contributed by atoms with van der Waals surface area (Å²) in [6.07, 6.45) is 1.89. The number of anilines is 1. The molecule has 0 fully saturated rings. The van der Waals surface area contributed by atoms with Crippen LogP contribution in [0, 0.1) is 0 Å². The number of ether oxygens (including phenoxy) is 1. The van der Waals surface area contributed by atoms with E-state index in [1.54, 1.807) is 13.0 Å². The molecule has 0 heterocycles. The molecule has 6 heteroatoms. The van der Waals surface area contributed by atoms with E-state index in [0.717, 1.165) is 12.8 Å². The molecular formula is C13H22N2O3S. The fourth-order valence-electron chi connectivity index (χ4n) is 1.74. The smallest absolute Gasteiger partial charge is 0.240 e. The lowest BCUT2D eigenvalue weighted by atomic mass is 10.2. The Morgan fingerprint density at radius 3 is 2.63 bits per heavy atom. The summed E-state index contributed by atoms with van der Waals surface area (Å²) in [6.45, 7) is 6.08. The number of hydrogen-bond donors (Lipinski definition) is 2. The molecule has 108 valence electrons. The van der Waals surface area contributed by atoms with Crippen LogP contribution in [-0.4, -0.2) is 21.1 Å². The molecule has 0 aliphatic rings. The number of nitrogens with two attached hydrogens (primary N) is 1. The Labute approximate surface area is 115 Å². The molecule has 0 aliphatic carbocycles. The van der Waals surface area contributed by atoms with Gasteiger partial charge in [-0.15, -0.1) is 0 Å². The average Bonchev–Trinajstić information content (AvgIpc) is 2.32. The van der Waals surface area contributed by atoms with Gasteiger partial charge in [0.05, 0.1) is 16.7 Å². The van der Waals surface area contributed by atoms with Crippen molar-refractivity contribution in [3.05, 3.63) is 18.2 Å². The molecule has 1 atom stereocenters. The highest BCUT2D eigenvalue weighted by atomic mass is 32.2. The van der Waals surface area contributed by atoms with E-state index in [9.17, 15) is 8.42 Å². The highest BCUT2D eigenvalue weighted by molar-refractivity contribution is 7.89. The number of nitrogens with one attached hydrogen (secondary N) is 1. The normalized spacial score (nSPS) is 13.2. The summed E-state index contributed by atoms with van der Waals surface area (Å²) in [5, 5.41) is 0. The van der Waals surface area contributed by atoms with Crippen molar-refractivity contribution in [2.45, 2.75) is 44.6 Å². The third-order valence-electron chi connectivity index (χ3n) is 2.65. The van der Waals surface area contributed by atoms with Crippen molar-refractivity contribution in [3.63, 3.8) is 0 Å². The number of sulfonamides is 1. The van der Waals surface area contributed by atoms with Gasteiger partial charge in [-0.25, -0.2) is 13.1 Å². The summed E-state index contributed by atoms with van der Waals surface area (Å²) < 4.78 is 31.9. The Balaban J connectivity index is 3.01. The summed E-state index contributed by atoms with van der Waals surface area (Å²) in [5.41, 5.74) is 6.25. The fourth-order valence-corrected chi connectivity index (χ4v) is 2.80. The van der Waals surface area contributed by atoms with Crippen molar-refractivity contribution in [3.8, 4) is 5.75 Å². The maximum atomic E-state index is 11.9. The second kappa shape index (κ2) is 6.77. The van der Waals surface area contributed by atoms with Crippen molar-refractivity contribution in [2.24, 2.45) is 0 Å². The van der Waals surface area contributed by atoms with Gasteiger partial charge in [-0.1, -0.05) is 20.3 Å². The summed E-state index contributed by atoms with van der Waals surface area (Å²) in [6, 6.07) is 4.50. The molecule has 0 aromatic heterocycles. The minimum absolute atomic E-state index is 0.00406. The van der Waals surface area contributed by atoms with Gasteiger partial charge in [0.1, 0.15) is 5.75 Å². The molecule has 0 amide bonds. The summed E-state index contributed by atoms with van der Waals surface area (Å²) in [5.74, 6) is 0.417. The van der Waals surface area contributed by atoms with Crippen LogP contribution in [0.5, 0.6) is 5.75 Å². The highest BCUT2D eigenvalue weighted by Gasteiger charge is 2.15. The molecule has 1 rings (SSSR count). The Hall–Kier alpha value is -1.27. The predicted molar refractivity (Wildman–Crippen MR) is 76.7 cm³/mol. The first-order chi connectivity index (χ1) is 8.90. The second-order valence-electron chi connectivity index (χ2n) is 4.42. The van der Waals surface area contributed by atoms with E-state index in [-0.39, 0.29) is 11.0 Å². The zero-order valence-electron chi connectivity index (χ0n) is 11.6. The van der Waals surface area contributed by atoms with E-state index >= 15 is 0 Å². The van der Waals surface area contributed by atoms with Gasteiger partial charge in [-0.2, -0.15) is 0 Å². The van der Waals surface area contributed by atoms with Crippen LogP contribution in [0.1, 0.15) is 33.6 Å². The first-order valence-electron chi connectivity index (χ1n) is 6.46. The van der Waals surface area contributed by atoms with Crippen molar-refractivity contribution in [1.29, 1.82) is 0 Å². The third kappa shape index (κ3) is 4.40. The molecule has 0 aliphatic heterocycles. The Morgan fingerprint density at radius 2 is 2.05 bits per heavy atom. The number of rotatable bonds is 7. The van der Waals surface area contributed by atoms with Crippen LogP contribution in [0.25, 0.3) is 0 Å². The molecule has 0 spiro atoms. The summed E-state index contributed by atoms with van der Waals surface area (Å²) in [7, 11) is -3.48. The van der Waals surface area contributed by atoms with Gasteiger partial charge >= 0.3 is 0 Å². The van der Waals surface area contributed by atoms with Crippen LogP contribution in [0.15, 0.2) is 23.1 Å². The van der Waals surface area contributed by atoms with Gasteiger partial charge in [-0.05, 0) is 25.5 Å². The van der Waals surface area contributed by atoms with Crippen molar-refractivity contribution < 1.29 is 13.2 Å². The van der Waals surface area contributed by atoms with Gasteiger partial charge in [0.15, 0.2) is 0 Å². The zero-order valence-corrected chi connectivity index (χ0v) is 12.5. The minimum atomic E-state index is -3.48. The number of benzene rings is 1. The Morgan fingerprint density at radius 1 is 1.37 bits per heavy atom. The molecule has 0 bridgehead atoms. The minimum Gasteiger partial charge on any atom is -0.489 e. The first kappa shape index (κ1) is 15.8. The lowest BCUT2D eigenvalue weighted by Gasteiger charge is -2.16. The molecule has 1 unspecified atom stereocenters. The molecule has 0 saturated heterocycles. The highest BCUT2D eigenvalue weighted by Crippen LogP contribution is 2.26. The SMILES string of the molecule is CCCC(C)Oc1cc(S(=O)(=O)NCC)ccc1N. The monoisotopic (exact) mass is 286 g/mol. The quantitative estimate of drug-likeness (QED) is 0.752. The Bertz CT molecular complexity index is 515. The molecule has 5 nitrogen and oxygen atoms in total. The fraction of sp³-hybridized carbons (Fsp3) is 0.538. The van der Waals surface area contributed by atoms with Crippen LogP contribution < -0.4 is 15.2 Å². The van der Waals surface area contributed by atoms with E-state index in [4.69, 9.17) is 10.5 Å². The molecule has 0 saturated carbocycles. The maximum absolute atomic E-state index is 11.9. The van der Waals surface area contributed by atoms with Gasteiger partial charge in [-0.3, -0.25) is 0 Å². The molecule has 0 radical (unpaired) electrons. The van der Waals surface area contributed by atoms with E-state index in [1.807, 2.05) is 6.92 Å². The van der Waals surface area contributed by atoms with E-state index in [0.29, 0.717) is 18.0 Å². The van der Waals surface area contributed by atoms with E-state index in [2.05, 4.69) is 11.6 Å². The van der Waals surface area contributed by atoms with Crippen LogP contribution in [-0.2, 0) is 10.0 Å². The number of hydrogen-bond acceptors (Lipinski definition) is 4. The summed E-state index contributed by atoms with van der Waals surface area (Å²) in [4.78, 5) is 0.169. The molecular weight excluding hydrogens is 264 g/mol.